The molecule has 0 aliphatic rings. The van der Waals surface area contributed by atoms with Crippen molar-refractivity contribution in [3.63, 3.8) is 0 Å². The summed E-state index contributed by atoms with van der Waals surface area (Å²) in [7, 11) is 0. The molecule has 0 radical (unpaired) electrons. The number of carbonyl (C=O) groups is 3. The zero-order chi connectivity index (χ0) is 46.3. The standard InChI is InChI=1S/C57H110O6/c1-51(2)43-37-31-25-19-13-10-8-7-9-11-15-22-28-34-40-46-55(58)61-49-54(63-57(60)48-42-36-30-24-18-17-21-27-33-39-45-53(5)6)50-62-56(59)47-41-35-29-23-16-12-14-20-26-32-38-44-52(3)4/h51-54H,7-50H2,1-6H3/t54-/m1/s1. The molecular weight excluding hydrogens is 781 g/mol. The molecule has 0 aromatic carbocycles. The Morgan fingerprint density at radius 1 is 0.270 bits per heavy atom. The molecule has 0 fully saturated rings. The lowest BCUT2D eigenvalue weighted by molar-refractivity contribution is -0.167. The lowest BCUT2D eigenvalue weighted by Gasteiger charge is -2.18. The number of rotatable bonds is 50. The maximum Gasteiger partial charge on any atom is 0.306 e. The minimum atomic E-state index is -0.763. The van der Waals surface area contributed by atoms with Gasteiger partial charge in [-0.05, 0) is 37.0 Å². The fourth-order valence-corrected chi connectivity index (χ4v) is 8.65. The van der Waals surface area contributed by atoms with Crippen LogP contribution in [0, 0.1) is 17.8 Å². The van der Waals surface area contributed by atoms with Crippen LogP contribution < -0.4 is 0 Å². The first kappa shape index (κ1) is 61.4. The first-order valence-electron chi connectivity index (χ1n) is 28.1. The van der Waals surface area contributed by atoms with Gasteiger partial charge in [0.2, 0.25) is 0 Å². The van der Waals surface area contributed by atoms with Crippen molar-refractivity contribution >= 4 is 17.9 Å². The summed E-state index contributed by atoms with van der Waals surface area (Å²) < 4.78 is 16.9. The van der Waals surface area contributed by atoms with E-state index in [-0.39, 0.29) is 31.1 Å². The lowest BCUT2D eigenvalue weighted by atomic mass is 10.0. The van der Waals surface area contributed by atoms with Gasteiger partial charge in [-0.1, -0.05) is 273 Å². The number of carbonyl (C=O) groups excluding carboxylic acids is 3. The van der Waals surface area contributed by atoms with Gasteiger partial charge in [-0.2, -0.15) is 0 Å². The molecule has 0 aliphatic carbocycles. The third-order valence-electron chi connectivity index (χ3n) is 12.9. The monoisotopic (exact) mass is 891 g/mol. The van der Waals surface area contributed by atoms with E-state index in [1.165, 1.54) is 193 Å². The summed E-state index contributed by atoms with van der Waals surface area (Å²) >= 11 is 0. The summed E-state index contributed by atoms with van der Waals surface area (Å²) in [6, 6.07) is 0. The molecule has 0 aromatic heterocycles. The molecule has 0 unspecified atom stereocenters. The number of ether oxygens (including phenoxy) is 3. The second-order valence-electron chi connectivity index (χ2n) is 21.0. The van der Waals surface area contributed by atoms with Crippen LogP contribution in [-0.4, -0.2) is 37.2 Å². The number of unbranched alkanes of at least 4 members (excludes halogenated alkanes) is 33. The van der Waals surface area contributed by atoms with Gasteiger partial charge in [-0.3, -0.25) is 14.4 Å². The second kappa shape index (κ2) is 48.3. The van der Waals surface area contributed by atoms with E-state index in [0.29, 0.717) is 19.3 Å². The number of hydrogen-bond acceptors (Lipinski definition) is 6. The van der Waals surface area contributed by atoms with Crippen LogP contribution in [0.4, 0.5) is 0 Å². The Morgan fingerprint density at radius 2 is 0.460 bits per heavy atom. The van der Waals surface area contributed by atoms with E-state index in [1.54, 1.807) is 0 Å². The molecule has 6 heteroatoms. The quantitative estimate of drug-likeness (QED) is 0.0344. The molecule has 0 saturated heterocycles. The molecule has 1 atom stereocenters. The minimum absolute atomic E-state index is 0.0639. The van der Waals surface area contributed by atoms with E-state index >= 15 is 0 Å². The van der Waals surface area contributed by atoms with E-state index in [9.17, 15) is 14.4 Å². The molecule has 0 saturated carbocycles. The predicted octanol–water partition coefficient (Wildman–Crippen LogP) is 18.3. The van der Waals surface area contributed by atoms with E-state index < -0.39 is 6.10 Å². The Hall–Kier alpha value is -1.59. The Morgan fingerprint density at radius 3 is 0.683 bits per heavy atom. The van der Waals surface area contributed by atoms with Crippen LogP contribution in [0.2, 0.25) is 0 Å². The van der Waals surface area contributed by atoms with Crippen molar-refractivity contribution < 1.29 is 28.6 Å². The first-order chi connectivity index (χ1) is 30.6. The SMILES string of the molecule is CC(C)CCCCCCCCCCCCCCCCCC(=O)OC[C@H](COC(=O)CCCCCCCCCCCCCC(C)C)OC(=O)CCCCCCCCCCCCC(C)C. The lowest BCUT2D eigenvalue weighted by Crippen LogP contribution is -2.30. The molecule has 0 aromatic rings. The van der Waals surface area contributed by atoms with Crippen LogP contribution >= 0.6 is 0 Å². The summed E-state index contributed by atoms with van der Waals surface area (Å²) in [5.74, 6) is 1.65. The highest BCUT2D eigenvalue weighted by Crippen LogP contribution is 2.18. The molecule has 63 heavy (non-hydrogen) atoms. The highest BCUT2D eigenvalue weighted by atomic mass is 16.6. The highest BCUT2D eigenvalue weighted by molar-refractivity contribution is 5.71. The summed E-state index contributed by atoms with van der Waals surface area (Å²) in [5, 5.41) is 0. The normalized spacial score (nSPS) is 12.1. The van der Waals surface area contributed by atoms with Crippen LogP contribution in [0.3, 0.4) is 0 Å². The molecule has 374 valence electrons. The van der Waals surface area contributed by atoms with Crippen molar-refractivity contribution in [2.45, 2.75) is 317 Å². The fourth-order valence-electron chi connectivity index (χ4n) is 8.65. The Bertz CT molecular complexity index is 976. The Kier molecular flexibility index (Phi) is 47.1. The van der Waals surface area contributed by atoms with Crippen LogP contribution in [-0.2, 0) is 28.6 Å². The zero-order valence-corrected chi connectivity index (χ0v) is 43.4. The molecule has 0 rings (SSSR count). The van der Waals surface area contributed by atoms with Crippen molar-refractivity contribution in [3.05, 3.63) is 0 Å². The number of hydrogen-bond donors (Lipinski definition) is 0. The van der Waals surface area contributed by atoms with Gasteiger partial charge in [0.15, 0.2) is 6.10 Å². The molecule has 0 spiro atoms. The molecule has 0 bridgehead atoms. The molecule has 6 nitrogen and oxygen atoms in total. The van der Waals surface area contributed by atoms with Crippen LogP contribution in [0.5, 0.6) is 0 Å². The largest absolute Gasteiger partial charge is 0.462 e. The van der Waals surface area contributed by atoms with E-state index in [1.807, 2.05) is 0 Å². The van der Waals surface area contributed by atoms with Gasteiger partial charge in [0.25, 0.3) is 0 Å². The summed E-state index contributed by atoms with van der Waals surface area (Å²) in [6.45, 7) is 13.7. The average molecular weight is 892 g/mol. The van der Waals surface area contributed by atoms with Crippen molar-refractivity contribution in [1.29, 1.82) is 0 Å². The van der Waals surface area contributed by atoms with Crippen LogP contribution in [0.15, 0.2) is 0 Å². The van der Waals surface area contributed by atoms with Crippen LogP contribution in [0.25, 0.3) is 0 Å². The zero-order valence-electron chi connectivity index (χ0n) is 43.4. The van der Waals surface area contributed by atoms with Crippen LogP contribution in [0.1, 0.15) is 311 Å². The smallest absolute Gasteiger partial charge is 0.306 e. The summed E-state index contributed by atoms with van der Waals surface area (Å²) in [5.41, 5.74) is 0. The van der Waals surface area contributed by atoms with Gasteiger partial charge in [0.1, 0.15) is 13.2 Å². The van der Waals surface area contributed by atoms with E-state index in [4.69, 9.17) is 14.2 Å². The van der Waals surface area contributed by atoms with Gasteiger partial charge < -0.3 is 14.2 Å². The van der Waals surface area contributed by atoms with Crippen molar-refractivity contribution in [2.24, 2.45) is 17.8 Å². The molecular formula is C57H110O6. The highest BCUT2D eigenvalue weighted by Gasteiger charge is 2.19. The molecule has 0 N–H and O–H groups in total. The topological polar surface area (TPSA) is 78.9 Å². The molecule has 0 heterocycles. The fraction of sp³-hybridized carbons (Fsp3) is 0.947. The second-order valence-corrected chi connectivity index (χ2v) is 21.0. The third kappa shape index (κ3) is 51.3. The molecule has 0 amide bonds. The van der Waals surface area contributed by atoms with Gasteiger partial charge in [0.05, 0.1) is 0 Å². The predicted molar refractivity (Wildman–Crippen MR) is 270 cm³/mol. The van der Waals surface area contributed by atoms with Crippen molar-refractivity contribution in [3.8, 4) is 0 Å². The summed E-state index contributed by atoms with van der Waals surface area (Å²) in [4.78, 5) is 38.1. The van der Waals surface area contributed by atoms with Gasteiger partial charge in [-0.15, -0.1) is 0 Å². The third-order valence-corrected chi connectivity index (χ3v) is 12.9. The van der Waals surface area contributed by atoms with Crippen molar-refractivity contribution in [1.82, 2.24) is 0 Å². The van der Waals surface area contributed by atoms with Crippen molar-refractivity contribution in [2.75, 3.05) is 13.2 Å². The van der Waals surface area contributed by atoms with E-state index in [0.717, 1.165) is 75.5 Å². The Labute approximate surface area is 393 Å². The molecule has 0 aliphatic heterocycles. The van der Waals surface area contributed by atoms with Gasteiger partial charge >= 0.3 is 17.9 Å². The maximum absolute atomic E-state index is 12.8. The Balaban J connectivity index is 4.29. The van der Waals surface area contributed by atoms with E-state index in [2.05, 4.69) is 41.5 Å². The van der Waals surface area contributed by atoms with Gasteiger partial charge in [-0.25, -0.2) is 0 Å². The summed E-state index contributed by atoms with van der Waals surface area (Å²) in [6.07, 6.45) is 49.5. The average Bonchev–Trinajstić information content (AvgIpc) is 3.24. The van der Waals surface area contributed by atoms with Gasteiger partial charge in [0, 0.05) is 19.3 Å². The maximum atomic E-state index is 12.8. The number of esters is 3. The minimum Gasteiger partial charge on any atom is -0.462 e. The first-order valence-corrected chi connectivity index (χ1v) is 28.1.